The van der Waals surface area contributed by atoms with Crippen molar-refractivity contribution >= 4 is 12.2 Å². The van der Waals surface area contributed by atoms with Crippen LogP contribution < -0.4 is 0 Å². The third-order valence-corrected chi connectivity index (χ3v) is 3.02. The van der Waals surface area contributed by atoms with E-state index in [9.17, 15) is 0 Å². The number of nitrogens with zero attached hydrogens (tertiary/aromatic N) is 5. The van der Waals surface area contributed by atoms with Gasteiger partial charge in [0.15, 0.2) is 5.82 Å². The van der Waals surface area contributed by atoms with Crippen LogP contribution in [0.1, 0.15) is 19.4 Å². The van der Waals surface area contributed by atoms with Gasteiger partial charge in [0.1, 0.15) is 11.6 Å². The highest BCUT2D eigenvalue weighted by molar-refractivity contribution is 5.64. The minimum absolute atomic E-state index is 0.470. The van der Waals surface area contributed by atoms with Gasteiger partial charge < -0.3 is 4.90 Å². The SMILES string of the molecule is CCN(C=Nc1c(C#N)cnn1-c1ccccc1)CC. The van der Waals surface area contributed by atoms with Gasteiger partial charge in [-0.15, -0.1) is 0 Å². The van der Waals surface area contributed by atoms with Crippen molar-refractivity contribution in [3.05, 3.63) is 42.1 Å². The van der Waals surface area contributed by atoms with Gasteiger partial charge in [0.25, 0.3) is 0 Å². The van der Waals surface area contributed by atoms with E-state index >= 15 is 0 Å². The van der Waals surface area contributed by atoms with Crippen molar-refractivity contribution in [2.75, 3.05) is 13.1 Å². The first kappa shape index (κ1) is 13.8. The lowest BCUT2D eigenvalue weighted by molar-refractivity contribution is 0.479. The maximum Gasteiger partial charge on any atom is 0.175 e. The molecule has 5 heteroatoms. The highest BCUT2D eigenvalue weighted by atomic mass is 15.3. The normalized spacial score (nSPS) is 10.7. The van der Waals surface area contributed by atoms with Gasteiger partial charge in [-0.1, -0.05) is 18.2 Å². The number of hydrogen-bond donors (Lipinski definition) is 0. The summed E-state index contributed by atoms with van der Waals surface area (Å²) in [5, 5.41) is 13.4. The molecule has 0 fully saturated rings. The van der Waals surface area contributed by atoms with Gasteiger partial charge in [0.2, 0.25) is 0 Å². The number of benzene rings is 1. The molecule has 2 rings (SSSR count). The largest absolute Gasteiger partial charge is 0.363 e. The van der Waals surface area contributed by atoms with Crippen molar-refractivity contribution in [3.8, 4) is 11.8 Å². The van der Waals surface area contributed by atoms with Gasteiger partial charge in [-0.05, 0) is 26.0 Å². The fraction of sp³-hybridized carbons (Fsp3) is 0.267. The van der Waals surface area contributed by atoms with Crippen molar-refractivity contribution in [2.24, 2.45) is 4.99 Å². The maximum absolute atomic E-state index is 9.17. The van der Waals surface area contributed by atoms with Crippen molar-refractivity contribution in [1.29, 1.82) is 5.26 Å². The van der Waals surface area contributed by atoms with E-state index < -0.39 is 0 Å². The molecule has 0 amide bonds. The molecule has 0 aliphatic carbocycles. The Labute approximate surface area is 118 Å². The van der Waals surface area contributed by atoms with Gasteiger partial charge >= 0.3 is 0 Å². The molecule has 0 unspecified atom stereocenters. The van der Waals surface area contributed by atoms with Crippen molar-refractivity contribution in [3.63, 3.8) is 0 Å². The third kappa shape index (κ3) is 2.86. The Kier molecular flexibility index (Phi) is 4.51. The van der Waals surface area contributed by atoms with Crippen molar-refractivity contribution < 1.29 is 0 Å². The number of nitriles is 1. The number of hydrogen-bond acceptors (Lipinski definition) is 3. The third-order valence-electron chi connectivity index (χ3n) is 3.02. The molecule has 0 N–H and O–H groups in total. The molecule has 0 saturated carbocycles. The second-order valence-corrected chi connectivity index (χ2v) is 4.21. The lowest BCUT2D eigenvalue weighted by Gasteiger charge is -2.13. The molecular weight excluding hydrogens is 250 g/mol. The fourth-order valence-corrected chi connectivity index (χ4v) is 1.83. The Morgan fingerprint density at radius 2 is 2.00 bits per heavy atom. The Morgan fingerprint density at radius 3 is 2.60 bits per heavy atom. The zero-order chi connectivity index (χ0) is 14.4. The zero-order valence-electron chi connectivity index (χ0n) is 11.7. The fourth-order valence-electron chi connectivity index (χ4n) is 1.83. The molecule has 1 aromatic heterocycles. The van der Waals surface area contributed by atoms with Gasteiger partial charge in [0, 0.05) is 13.1 Å². The Hall–Kier alpha value is -2.61. The Balaban J connectivity index is 2.41. The summed E-state index contributed by atoms with van der Waals surface area (Å²) < 4.78 is 1.68. The van der Waals surface area contributed by atoms with Crippen LogP contribution in [0.4, 0.5) is 5.82 Å². The summed E-state index contributed by atoms with van der Waals surface area (Å²) in [5.41, 5.74) is 1.36. The molecule has 0 radical (unpaired) electrons. The number of aliphatic imine (C=N–C) groups is 1. The molecule has 0 saturated heterocycles. The lowest BCUT2D eigenvalue weighted by atomic mass is 10.3. The minimum Gasteiger partial charge on any atom is -0.363 e. The summed E-state index contributed by atoms with van der Waals surface area (Å²) in [7, 11) is 0. The van der Waals surface area contributed by atoms with Crippen LogP contribution in [0.3, 0.4) is 0 Å². The predicted molar refractivity (Wildman–Crippen MR) is 79.4 cm³/mol. The van der Waals surface area contributed by atoms with E-state index in [1.165, 1.54) is 0 Å². The standard InChI is InChI=1S/C15H17N5/c1-3-19(4-2)12-17-15-13(10-16)11-18-20(15)14-8-6-5-7-9-14/h5-9,11-12H,3-4H2,1-2H3. The second kappa shape index (κ2) is 6.53. The molecule has 5 nitrogen and oxygen atoms in total. The van der Waals surface area contributed by atoms with Gasteiger partial charge in [-0.25, -0.2) is 9.67 Å². The molecule has 20 heavy (non-hydrogen) atoms. The van der Waals surface area contributed by atoms with E-state index in [1.54, 1.807) is 17.2 Å². The number of rotatable bonds is 5. The number of para-hydroxylation sites is 1. The summed E-state index contributed by atoms with van der Waals surface area (Å²) >= 11 is 0. The molecular formula is C15H17N5. The zero-order valence-corrected chi connectivity index (χ0v) is 11.7. The van der Waals surface area contributed by atoms with Crippen LogP contribution in [0.15, 0.2) is 41.5 Å². The highest BCUT2D eigenvalue weighted by Crippen LogP contribution is 2.22. The van der Waals surface area contributed by atoms with Crippen LogP contribution in [0.2, 0.25) is 0 Å². The molecule has 0 spiro atoms. The van der Waals surface area contributed by atoms with Gasteiger partial charge in [-0.2, -0.15) is 10.4 Å². The van der Waals surface area contributed by atoms with Crippen LogP contribution in [-0.4, -0.2) is 34.1 Å². The summed E-state index contributed by atoms with van der Waals surface area (Å²) in [4.78, 5) is 6.49. The molecule has 2 aromatic rings. The minimum atomic E-state index is 0.470. The Bertz CT molecular complexity index is 617. The first-order valence-electron chi connectivity index (χ1n) is 6.62. The van der Waals surface area contributed by atoms with Crippen molar-refractivity contribution in [1.82, 2.24) is 14.7 Å². The molecule has 102 valence electrons. The van der Waals surface area contributed by atoms with E-state index in [4.69, 9.17) is 5.26 Å². The van der Waals surface area contributed by atoms with Crippen LogP contribution in [0, 0.1) is 11.3 Å². The van der Waals surface area contributed by atoms with Crippen LogP contribution in [0.25, 0.3) is 5.69 Å². The quantitative estimate of drug-likeness (QED) is 0.618. The molecule has 0 bridgehead atoms. The van der Waals surface area contributed by atoms with Crippen LogP contribution in [0.5, 0.6) is 0 Å². The van der Waals surface area contributed by atoms with E-state index in [0.29, 0.717) is 11.4 Å². The molecule has 0 atom stereocenters. The Morgan fingerprint density at radius 1 is 1.30 bits per heavy atom. The summed E-state index contributed by atoms with van der Waals surface area (Å²) in [6.07, 6.45) is 3.30. The molecule has 1 heterocycles. The summed E-state index contributed by atoms with van der Waals surface area (Å²) in [5.74, 6) is 0.561. The maximum atomic E-state index is 9.17. The average Bonchev–Trinajstić information content (AvgIpc) is 2.92. The van der Waals surface area contributed by atoms with Crippen LogP contribution >= 0.6 is 0 Å². The molecule has 0 aliphatic heterocycles. The average molecular weight is 267 g/mol. The topological polar surface area (TPSA) is 57.2 Å². The predicted octanol–water partition coefficient (Wildman–Crippen LogP) is 2.75. The second-order valence-electron chi connectivity index (χ2n) is 4.21. The van der Waals surface area contributed by atoms with Crippen LogP contribution in [-0.2, 0) is 0 Å². The highest BCUT2D eigenvalue weighted by Gasteiger charge is 2.10. The number of aromatic nitrogens is 2. The van der Waals surface area contributed by atoms with E-state index in [1.807, 2.05) is 30.3 Å². The van der Waals surface area contributed by atoms with Gasteiger partial charge in [-0.3, -0.25) is 0 Å². The van der Waals surface area contributed by atoms with Gasteiger partial charge in [0.05, 0.1) is 18.2 Å². The monoisotopic (exact) mass is 267 g/mol. The summed E-state index contributed by atoms with van der Waals surface area (Å²) in [6.45, 7) is 5.88. The summed E-state index contributed by atoms with van der Waals surface area (Å²) in [6, 6.07) is 11.8. The smallest absolute Gasteiger partial charge is 0.175 e. The lowest BCUT2D eigenvalue weighted by Crippen LogP contribution is -2.20. The van der Waals surface area contributed by atoms with E-state index in [2.05, 4.69) is 34.9 Å². The van der Waals surface area contributed by atoms with Crippen molar-refractivity contribution in [2.45, 2.75) is 13.8 Å². The first-order valence-corrected chi connectivity index (χ1v) is 6.62. The van der Waals surface area contributed by atoms with E-state index in [0.717, 1.165) is 18.8 Å². The first-order chi connectivity index (χ1) is 9.80. The molecule has 0 aliphatic rings. The molecule has 1 aromatic carbocycles. The van der Waals surface area contributed by atoms with E-state index in [-0.39, 0.29) is 0 Å².